The fourth-order valence-electron chi connectivity index (χ4n) is 3.37. The Kier molecular flexibility index (Phi) is 6.25. The Hall–Kier alpha value is -2.83. The van der Waals surface area contributed by atoms with E-state index < -0.39 is 17.7 Å². The highest BCUT2D eigenvalue weighted by atomic mass is 35.5. The molecule has 0 unspecified atom stereocenters. The van der Waals surface area contributed by atoms with E-state index in [0.717, 1.165) is 4.90 Å². The number of aliphatic hydroxyl groups is 1. The summed E-state index contributed by atoms with van der Waals surface area (Å²) in [6.07, 6.45) is 0. The Morgan fingerprint density at radius 2 is 1.86 bits per heavy atom. The average Bonchev–Trinajstić information content (AvgIpc) is 2.97. The number of carbonyl (C=O) groups is 2. The van der Waals surface area contributed by atoms with Gasteiger partial charge in [0, 0.05) is 10.6 Å². The van der Waals surface area contributed by atoms with Crippen LogP contribution in [-0.4, -0.2) is 56.0 Å². The van der Waals surface area contributed by atoms with E-state index in [1.807, 2.05) is 14.1 Å². The van der Waals surface area contributed by atoms with E-state index >= 15 is 0 Å². The second-order valence-electron chi connectivity index (χ2n) is 7.23. The zero-order valence-corrected chi connectivity index (χ0v) is 17.4. The van der Waals surface area contributed by atoms with E-state index in [0.29, 0.717) is 35.0 Å². The van der Waals surface area contributed by atoms with Crippen molar-refractivity contribution in [3.8, 4) is 5.75 Å². The van der Waals surface area contributed by atoms with Crippen LogP contribution in [0.5, 0.6) is 5.75 Å². The number of likely N-dealkylation sites (N-methyl/N-ethyl adjacent to an activating group) is 1. The second-order valence-corrected chi connectivity index (χ2v) is 7.67. The third kappa shape index (κ3) is 4.28. The zero-order chi connectivity index (χ0) is 21.1. The van der Waals surface area contributed by atoms with Gasteiger partial charge in [-0.1, -0.05) is 35.9 Å². The molecule has 0 radical (unpaired) electrons. The number of hydrogen-bond acceptors (Lipinski definition) is 4. The maximum atomic E-state index is 12.9. The molecule has 1 aliphatic rings. The molecule has 29 heavy (non-hydrogen) atoms. The lowest BCUT2D eigenvalue weighted by atomic mass is 9.95. The van der Waals surface area contributed by atoms with Crippen LogP contribution < -0.4 is 9.64 Å². The second kappa shape index (κ2) is 8.68. The lowest BCUT2D eigenvalue weighted by Crippen LogP contribution is -3.06. The van der Waals surface area contributed by atoms with Crippen molar-refractivity contribution in [2.45, 2.75) is 6.04 Å². The van der Waals surface area contributed by atoms with Gasteiger partial charge in [-0.2, -0.15) is 0 Å². The summed E-state index contributed by atoms with van der Waals surface area (Å²) in [5, 5.41) is 11.6. The summed E-state index contributed by atoms with van der Waals surface area (Å²) in [6, 6.07) is 13.0. The van der Waals surface area contributed by atoms with Crippen LogP contribution in [0.4, 0.5) is 0 Å². The van der Waals surface area contributed by atoms with Crippen molar-refractivity contribution in [3.05, 3.63) is 70.3 Å². The summed E-state index contributed by atoms with van der Waals surface area (Å²) in [6.45, 7) is 1.05. The van der Waals surface area contributed by atoms with Gasteiger partial charge in [0.1, 0.15) is 11.5 Å². The van der Waals surface area contributed by atoms with Gasteiger partial charge >= 0.3 is 0 Å². The molecular weight excluding hydrogens is 392 g/mol. The van der Waals surface area contributed by atoms with Crippen molar-refractivity contribution < 1.29 is 24.3 Å². The van der Waals surface area contributed by atoms with Crippen LogP contribution >= 0.6 is 11.6 Å². The molecule has 0 aromatic heterocycles. The first-order chi connectivity index (χ1) is 13.8. The Labute approximate surface area is 174 Å². The Balaban J connectivity index is 2.14. The number of hydrogen-bond donors (Lipinski definition) is 2. The number of ether oxygens (including phenoxy) is 1. The van der Waals surface area contributed by atoms with E-state index in [1.54, 1.807) is 48.5 Å². The van der Waals surface area contributed by atoms with Crippen molar-refractivity contribution in [2.24, 2.45) is 0 Å². The monoisotopic (exact) mass is 415 g/mol. The van der Waals surface area contributed by atoms with E-state index in [1.165, 1.54) is 12.0 Å². The van der Waals surface area contributed by atoms with Crippen LogP contribution in [0.3, 0.4) is 0 Å². The molecule has 0 aliphatic carbocycles. The molecule has 1 fully saturated rings. The van der Waals surface area contributed by atoms with E-state index in [-0.39, 0.29) is 11.3 Å². The Morgan fingerprint density at radius 1 is 1.17 bits per heavy atom. The summed E-state index contributed by atoms with van der Waals surface area (Å²) in [5.74, 6) is -0.987. The van der Waals surface area contributed by atoms with E-state index in [4.69, 9.17) is 16.3 Å². The van der Waals surface area contributed by atoms with Gasteiger partial charge in [0.05, 0.1) is 45.9 Å². The Bertz CT molecular complexity index is 954. The van der Waals surface area contributed by atoms with Crippen molar-refractivity contribution in [2.75, 3.05) is 34.3 Å². The van der Waals surface area contributed by atoms with Gasteiger partial charge in [-0.3, -0.25) is 9.59 Å². The molecule has 0 spiro atoms. The lowest BCUT2D eigenvalue weighted by molar-refractivity contribution is -0.857. The minimum absolute atomic E-state index is 0.0688. The van der Waals surface area contributed by atoms with Crippen LogP contribution in [0.25, 0.3) is 5.76 Å². The summed E-state index contributed by atoms with van der Waals surface area (Å²) in [5.41, 5.74) is 1.20. The minimum Gasteiger partial charge on any atom is -0.507 e. The third-order valence-corrected chi connectivity index (χ3v) is 5.17. The fraction of sp³-hybridized carbons (Fsp3) is 0.273. The number of quaternary nitrogens is 1. The molecule has 0 saturated carbocycles. The quantitative estimate of drug-likeness (QED) is 0.429. The van der Waals surface area contributed by atoms with Gasteiger partial charge < -0.3 is 19.6 Å². The standard InChI is InChI=1S/C22H23ClN2O4/c1-24(2)11-12-25-19(14-7-9-16(23)10-8-14)18(21(27)22(25)28)20(26)15-5-4-6-17(13-15)29-3/h4-10,13,19,26H,11-12H2,1-3H3/p+1/t19-/m0/s1. The number of nitrogens with zero attached hydrogens (tertiary/aromatic N) is 1. The van der Waals surface area contributed by atoms with Crippen molar-refractivity contribution in [3.63, 3.8) is 0 Å². The van der Waals surface area contributed by atoms with Crippen molar-refractivity contribution in [1.82, 2.24) is 4.90 Å². The molecule has 1 saturated heterocycles. The number of benzene rings is 2. The fourth-order valence-corrected chi connectivity index (χ4v) is 3.50. The first-order valence-corrected chi connectivity index (χ1v) is 9.68. The summed E-state index contributed by atoms with van der Waals surface area (Å²) in [4.78, 5) is 28.4. The Morgan fingerprint density at radius 3 is 2.48 bits per heavy atom. The van der Waals surface area contributed by atoms with Crippen LogP contribution in [0.1, 0.15) is 17.2 Å². The maximum Gasteiger partial charge on any atom is 0.295 e. The number of Topliss-reactive ketones (excluding diaryl/α,β-unsaturated/α-hetero) is 1. The molecule has 1 amide bonds. The van der Waals surface area contributed by atoms with Gasteiger partial charge in [-0.15, -0.1) is 0 Å². The molecule has 2 aromatic carbocycles. The molecule has 1 aliphatic heterocycles. The highest BCUT2D eigenvalue weighted by Crippen LogP contribution is 2.39. The molecule has 7 heteroatoms. The number of nitrogens with one attached hydrogen (secondary N) is 1. The summed E-state index contributed by atoms with van der Waals surface area (Å²) < 4.78 is 5.21. The zero-order valence-electron chi connectivity index (χ0n) is 16.6. The molecule has 0 bridgehead atoms. The van der Waals surface area contributed by atoms with Gasteiger partial charge in [0.25, 0.3) is 11.7 Å². The highest BCUT2D eigenvalue weighted by molar-refractivity contribution is 6.46. The van der Waals surface area contributed by atoms with Crippen molar-refractivity contribution >= 4 is 29.1 Å². The molecule has 2 N–H and O–H groups in total. The summed E-state index contributed by atoms with van der Waals surface area (Å²) in [7, 11) is 5.48. The molecule has 1 heterocycles. The van der Waals surface area contributed by atoms with Gasteiger partial charge in [-0.25, -0.2) is 0 Å². The first kappa shape index (κ1) is 20.9. The SMILES string of the molecule is COc1cccc(C(O)=C2C(=O)C(=O)N(CC[NH+](C)C)[C@H]2c2ccc(Cl)cc2)c1. The maximum absolute atomic E-state index is 12.9. The largest absolute Gasteiger partial charge is 0.507 e. The number of halogens is 1. The highest BCUT2D eigenvalue weighted by Gasteiger charge is 2.46. The van der Waals surface area contributed by atoms with Crippen molar-refractivity contribution in [1.29, 1.82) is 0 Å². The first-order valence-electron chi connectivity index (χ1n) is 9.30. The summed E-state index contributed by atoms with van der Waals surface area (Å²) >= 11 is 6.02. The number of ketones is 1. The molecular formula is C22H24ClN2O4+. The molecule has 2 aromatic rings. The molecule has 152 valence electrons. The molecule has 6 nitrogen and oxygen atoms in total. The van der Waals surface area contributed by atoms with Crippen LogP contribution in [-0.2, 0) is 9.59 Å². The predicted octanol–water partition coefficient (Wildman–Crippen LogP) is 1.91. The predicted molar refractivity (Wildman–Crippen MR) is 111 cm³/mol. The van der Waals surface area contributed by atoms with Crippen LogP contribution in [0, 0.1) is 0 Å². The smallest absolute Gasteiger partial charge is 0.295 e. The number of rotatable bonds is 6. The molecule has 3 rings (SSSR count). The van der Waals surface area contributed by atoms with E-state index in [2.05, 4.69) is 0 Å². The van der Waals surface area contributed by atoms with E-state index in [9.17, 15) is 14.7 Å². The normalized spacial score (nSPS) is 18.5. The van der Waals surface area contributed by atoms with Gasteiger partial charge in [0.15, 0.2) is 0 Å². The minimum atomic E-state index is -0.695. The topological polar surface area (TPSA) is 71.3 Å². The van der Waals surface area contributed by atoms with Gasteiger partial charge in [0.2, 0.25) is 0 Å². The van der Waals surface area contributed by atoms with Gasteiger partial charge in [-0.05, 0) is 29.8 Å². The molecule has 1 atom stereocenters. The number of likely N-dealkylation sites (tertiary alicyclic amines) is 1. The van der Waals surface area contributed by atoms with Crippen LogP contribution in [0.2, 0.25) is 5.02 Å². The van der Waals surface area contributed by atoms with Crippen LogP contribution in [0.15, 0.2) is 54.1 Å². The number of amides is 1. The average molecular weight is 416 g/mol. The third-order valence-electron chi connectivity index (χ3n) is 4.92. The lowest BCUT2D eigenvalue weighted by Gasteiger charge is -2.25. The number of methoxy groups -OCH3 is 1. The number of carbonyl (C=O) groups excluding carboxylic acids is 2. The number of aliphatic hydroxyl groups excluding tert-OH is 1.